The van der Waals surface area contributed by atoms with Crippen LogP contribution in [0.5, 0.6) is 0 Å². The number of nitrogens with one attached hydrogen (secondary N) is 1. The summed E-state index contributed by atoms with van der Waals surface area (Å²) >= 11 is 0. The third-order valence-electron chi connectivity index (χ3n) is 6.37. The van der Waals surface area contributed by atoms with Crippen molar-refractivity contribution in [3.63, 3.8) is 0 Å². The van der Waals surface area contributed by atoms with E-state index in [2.05, 4.69) is 33.0 Å². The maximum atomic E-state index is 9.02. The van der Waals surface area contributed by atoms with Crippen LogP contribution in [0.15, 0.2) is 0 Å². The van der Waals surface area contributed by atoms with Crippen LogP contribution in [-0.2, 0) is 0 Å². The van der Waals surface area contributed by atoms with E-state index in [4.69, 9.17) is 5.11 Å². The van der Waals surface area contributed by atoms with E-state index in [1.165, 1.54) is 25.7 Å². The van der Waals surface area contributed by atoms with Gasteiger partial charge in [-0.2, -0.15) is 0 Å². The molecule has 2 N–H and O–H groups in total. The fourth-order valence-corrected chi connectivity index (χ4v) is 4.33. The second-order valence-electron chi connectivity index (χ2n) is 7.55. The largest absolute Gasteiger partial charge is 0.396 e. The molecule has 2 fully saturated rings. The first-order valence-corrected chi connectivity index (χ1v) is 7.76. The Morgan fingerprint density at radius 3 is 2.56 bits per heavy atom. The molecule has 2 aliphatic carbocycles. The summed E-state index contributed by atoms with van der Waals surface area (Å²) < 4.78 is 0. The van der Waals surface area contributed by atoms with E-state index in [0.29, 0.717) is 23.4 Å². The van der Waals surface area contributed by atoms with Crippen molar-refractivity contribution < 1.29 is 5.11 Å². The van der Waals surface area contributed by atoms with Crippen molar-refractivity contribution in [2.45, 2.75) is 65.8 Å². The Balaban J connectivity index is 1.79. The standard InChI is InChI=1S/C16H31NO/c1-12(11-18)6-5-9-17-14-10-13-7-8-16(14,4)15(13,2)3/h12-14,17-18H,5-11H2,1-4H3. The van der Waals surface area contributed by atoms with Gasteiger partial charge in [-0.3, -0.25) is 0 Å². The van der Waals surface area contributed by atoms with E-state index in [1.807, 2.05) is 0 Å². The lowest BCUT2D eigenvalue weighted by Crippen LogP contribution is -2.44. The molecule has 2 heteroatoms. The zero-order valence-electron chi connectivity index (χ0n) is 12.6. The molecule has 2 nitrogen and oxygen atoms in total. The Morgan fingerprint density at radius 1 is 1.33 bits per heavy atom. The normalized spacial score (nSPS) is 39.2. The van der Waals surface area contributed by atoms with Crippen molar-refractivity contribution in [2.24, 2.45) is 22.7 Å². The lowest BCUT2D eigenvalue weighted by Gasteiger charge is -2.39. The number of fused-ring (bicyclic) bond motifs is 2. The first-order valence-electron chi connectivity index (χ1n) is 7.76. The van der Waals surface area contributed by atoms with Gasteiger partial charge in [-0.1, -0.05) is 27.7 Å². The summed E-state index contributed by atoms with van der Waals surface area (Å²) in [5, 5.41) is 12.8. The van der Waals surface area contributed by atoms with Gasteiger partial charge in [0.15, 0.2) is 0 Å². The Hall–Kier alpha value is -0.0800. The van der Waals surface area contributed by atoms with Crippen LogP contribution in [-0.4, -0.2) is 24.3 Å². The molecule has 4 unspecified atom stereocenters. The van der Waals surface area contributed by atoms with Gasteiger partial charge in [0.25, 0.3) is 0 Å². The van der Waals surface area contributed by atoms with E-state index < -0.39 is 0 Å². The lowest BCUT2D eigenvalue weighted by atomic mass is 9.69. The number of rotatable bonds is 6. The molecule has 0 aromatic rings. The molecule has 2 bridgehead atoms. The summed E-state index contributed by atoms with van der Waals surface area (Å²) in [6.07, 6.45) is 6.54. The molecule has 0 aliphatic heterocycles. The summed E-state index contributed by atoms with van der Waals surface area (Å²) in [6, 6.07) is 0.718. The van der Waals surface area contributed by atoms with Crippen LogP contribution in [0.4, 0.5) is 0 Å². The molecule has 2 saturated carbocycles. The molecule has 18 heavy (non-hydrogen) atoms. The Kier molecular flexibility index (Phi) is 4.08. The molecule has 106 valence electrons. The predicted molar refractivity (Wildman–Crippen MR) is 76.5 cm³/mol. The molecule has 4 atom stereocenters. The topological polar surface area (TPSA) is 32.3 Å². The van der Waals surface area contributed by atoms with E-state index >= 15 is 0 Å². The van der Waals surface area contributed by atoms with Gasteiger partial charge in [-0.25, -0.2) is 0 Å². The summed E-state index contributed by atoms with van der Waals surface area (Å²) in [4.78, 5) is 0. The Labute approximate surface area is 113 Å². The van der Waals surface area contributed by atoms with Gasteiger partial charge in [0.2, 0.25) is 0 Å². The number of hydrogen-bond acceptors (Lipinski definition) is 2. The monoisotopic (exact) mass is 253 g/mol. The summed E-state index contributed by atoms with van der Waals surface area (Å²) in [6.45, 7) is 11.0. The van der Waals surface area contributed by atoms with Gasteiger partial charge in [0.1, 0.15) is 0 Å². The van der Waals surface area contributed by atoms with Crippen molar-refractivity contribution in [3.05, 3.63) is 0 Å². The van der Waals surface area contributed by atoms with Crippen LogP contribution in [0.3, 0.4) is 0 Å². The highest BCUT2D eigenvalue weighted by molar-refractivity contribution is 5.12. The third-order valence-corrected chi connectivity index (χ3v) is 6.37. The zero-order chi connectivity index (χ0) is 13.4. The number of hydrogen-bond donors (Lipinski definition) is 2. The van der Waals surface area contributed by atoms with Crippen molar-refractivity contribution in [2.75, 3.05) is 13.2 Å². The van der Waals surface area contributed by atoms with E-state index in [0.717, 1.165) is 24.9 Å². The van der Waals surface area contributed by atoms with Gasteiger partial charge >= 0.3 is 0 Å². The maximum absolute atomic E-state index is 9.02. The molecule has 0 aromatic carbocycles. The molecule has 0 spiro atoms. The van der Waals surface area contributed by atoms with Crippen LogP contribution < -0.4 is 5.32 Å². The molecule has 2 aliphatic rings. The second-order valence-corrected chi connectivity index (χ2v) is 7.55. The average molecular weight is 253 g/mol. The first kappa shape index (κ1) is 14.3. The minimum absolute atomic E-state index is 0.330. The molecule has 2 rings (SSSR count). The molecule has 0 amide bonds. The van der Waals surface area contributed by atoms with E-state index in [9.17, 15) is 0 Å². The highest BCUT2D eigenvalue weighted by Crippen LogP contribution is 2.65. The third kappa shape index (κ3) is 2.22. The highest BCUT2D eigenvalue weighted by atomic mass is 16.3. The lowest BCUT2D eigenvalue weighted by molar-refractivity contribution is 0.120. The summed E-state index contributed by atoms with van der Waals surface area (Å²) in [5.41, 5.74) is 1.02. The van der Waals surface area contributed by atoms with Crippen LogP contribution >= 0.6 is 0 Å². The minimum Gasteiger partial charge on any atom is -0.396 e. The Bertz CT molecular complexity index is 289. The van der Waals surface area contributed by atoms with Crippen LogP contribution in [0.1, 0.15) is 59.8 Å². The van der Waals surface area contributed by atoms with Crippen molar-refractivity contribution in [1.82, 2.24) is 5.32 Å². The van der Waals surface area contributed by atoms with Crippen LogP contribution in [0.2, 0.25) is 0 Å². The molecular weight excluding hydrogens is 222 g/mol. The van der Waals surface area contributed by atoms with E-state index in [-0.39, 0.29) is 0 Å². The highest BCUT2D eigenvalue weighted by Gasteiger charge is 2.60. The SMILES string of the molecule is CC(CO)CCCNC1CC2CCC1(C)C2(C)C. The van der Waals surface area contributed by atoms with Crippen LogP contribution in [0, 0.1) is 22.7 Å². The van der Waals surface area contributed by atoms with Crippen LogP contribution in [0.25, 0.3) is 0 Å². The fourth-order valence-electron chi connectivity index (χ4n) is 4.33. The summed E-state index contributed by atoms with van der Waals surface area (Å²) in [7, 11) is 0. The molecule has 0 radical (unpaired) electrons. The second kappa shape index (κ2) is 5.13. The zero-order valence-corrected chi connectivity index (χ0v) is 12.6. The van der Waals surface area contributed by atoms with Gasteiger partial charge in [0.05, 0.1) is 0 Å². The van der Waals surface area contributed by atoms with Crippen molar-refractivity contribution >= 4 is 0 Å². The molecule has 0 aromatic heterocycles. The smallest absolute Gasteiger partial charge is 0.0456 e. The maximum Gasteiger partial charge on any atom is 0.0456 e. The van der Waals surface area contributed by atoms with Gasteiger partial charge in [0, 0.05) is 12.6 Å². The fraction of sp³-hybridized carbons (Fsp3) is 1.00. The number of aliphatic hydroxyl groups excluding tert-OH is 1. The minimum atomic E-state index is 0.330. The molecular formula is C16H31NO. The quantitative estimate of drug-likeness (QED) is 0.713. The van der Waals surface area contributed by atoms with Gasteiger partial charge < -0.3 is 10.4 Å². The predicted octanol–water partition coefficient (Wildman–Crippen LogP) is 3.20. The summed E-state index contributed by atoms with van der Waals surface area (Å²) in [5.74, 6) is 1.38. The first-order chi connectivity index (χ1) is 8.41. The Morgan fingerprint density at radius 2 is 2.06 bits per heavy atom. The molecule has 0 saturated heterocycles. The average Bonchev–Trinajstić information content (AvgIpc) is 2.67. The van der Waals surface area contributed by atoms with E-state index in [1.54, 1.807) is 0 Å². The number of aliphatic hydroxyl groups is 1. The molecule has 0 heterocycles. The van der Waals surface area contributed by atoms with Gasteiger partial charge in [-0.15, -0.1) is 0 Å². The van der Waals surface area contributed by atoms with Gasteiger partial charge in [-0.05, 0) is 61.3 Å². The van der Waals surface area contributed by atoms with Crippen molar-refractivity contribution in [3.8, 4) is 0 Å². The van der Waals surface area contributed by atoms with Crippen molar-refractivity contribution in [1.29, 1.82) is 0 Å².